The zero-order valence-corrected chi connectivity index (χ0v) is 12.5. The quantitative estimate of drug-likeness (QED) is 0.903. The van der Waals surface area contributed by atoms with E-state index < -0.39 is 6.03 Å². The second kappa shape index (κ2) is 6.25. The Balaban J connectivity index is 2.15. The number of ether oxygens (including phenoxy) is 1. The average Bonchev–Trinajstić information content (AvgIpc) is 2.80. The number of urea groups is 1. The van der Waals surface area contributed by atoms with Crippen LogP contribution in [0.4, 0.5) is 16.3 Å². The van der Waals surface area contributed by atoms with Gasteiger partial charge in [-0.1, -0.05) is 12.1 Å². The average molecular weight is 290 g/mol. The van der Waals surface area contributed by atoms with Crippen LogP contribution < -0.4 is 15.4 Å². The van der Waals surface area contributed by atoms with E-state index in [1.807, 2.05) is 13.8 Å². The second-order valence-corrected chi connectivity index (χ2v) is 4.50. The number of pyridine rings is 1. The molecule has 112 valence electrons. The number of nitrogens with one attached hydrogen (secondary N) is 2. The maximum atomic E-state index is 12.1. The summed E-state index contributed by atoms with van der Waals surface area (Å²) >= 11 is 0. The number of anilines is 2. The monoisotopic (exact) mass is 290 g/mol. The Morgan fingerprint density at radius 2 is 2.10 bits per heavy atom. The van der Waals surface area contributed by atoms with Crippen molar-refractivity contribution < 1.29 is 14.1 Å². The van der Waals surface area contributed by atoms with Gasteiger partial charge in [-0.15, -0.1) is 0 Å². The Kier molecular flexibility index (Phi) is 4.42. The van der Waals surface area contributed by atoms with Gasteiger partial charge in [-0.2, -0.15) is 0 Å². The molecule has 0 spiro atoms. The molecule has 2 N–H and O–H groups in total. The van der Waals surface area contributed by atoms with Gasteiger partial charge in [0, 0.05) is 5.69 Å². The van der Waals surface area contributed by atoms with E-state index in [4.69, 9.17) is 9.26 Å². The Labute approximate surface area is 122 Å². The first kappa shape index (κ1) is 14.8. The molecule has 0 aliphatic heterocycles. The predicted octanol–water partition coefficient (Wildman–Crippen LogP) is 2.90. The number of aromatic nitrogens is 2. The molecule has 0 saturated heterocycles. The van der Waals surface area contributed by atoms with Gasteiger partial charge < -0.3 is 14.6 Å². The van der Waals surface area contributed by atoms with Gasteiger partial charge in [-0.05, 0) is 32.4 Å². The molecule has 2 aromatic rings. The summed E-state index contributed by atoms with van der Waals surface area (Å²) in [6.45, 7) is 5.51. The zero-order valence-electron chi connectivity index (χ0n) is 12.5. The molecule has 0 saturated carbocycles. The van der Waals surface area contributed by atoms with Crippen molar-refractivity contribution >= 4 is 17.5 Å². The summed E-state index contributed by atoms with van der Waals surface area (Å²) in [5.41, 5.74) is 2.06. The summed E-state index contributed by atoms with van der Waals surface area (Å²) in [5, 5.41) is 9.27. The summed E-state index contributed by atoms with van der Waals surface area (Å²) in [4.78, 5) is 16.3. The van der Waals surface area contributed by atoms with Crippen LogP contribution in [0.25, 0.3) is 0 Å². The molecule has 0 atom stereocenters. The first-order chi connectivity index (χ1) is 10.0. The Bertz CT molecular complexity index is 652. The lowest BCUT2D eigenvalue weighted by Crippen LogP contribution is -2.21. The number of hydrogen-bond donors (Lipinski definition) is 2. The lowest BCUT2D eigenvalue weighted by atomic mass is 10.2. The number of methoxy groups -OCH3 is 1. The summed E-state index contributed by atoms with van der Waals surface area (Å²) in [6.07, 6.45) is 0.666. The lowest BCUT2D eigenvalue weighted by molar-refractivity contribution is 0.262. The maximum absolute atomic E-state index is 12.1. The third-order valence-electron chi connectivity index (χ3n) is 2.96. The SMILES string of the molecule is CCc1noc(C)c1NC(=O)Nc1nc(C)ccc1OC. The van der Waals surface area contributed by atoms with Crippen molar-refractivity contribution in [2.24, 2.45) is 0 Å². The molecule has 0 aromatic carbocycles. The van der Waals surface area contributed by atoms with Crippen molar-refractivity contribution in [3.63, 3.8) is 0 Å². The third-order valence-corrected chi connectivity index (χ3v) is 2.96. The van der Waals surface area contributed by atoms with Crippen molar-refractivity contribution in [1.82, 2.24) is 10.1 Å². The van der Waals surface area contributed by atoms with E-state index in [0.717, 1.165) is 5.69 Å². The molecular formula is C14H18N4O3. The minimum atomic E-state index is -0.424. The molecule has 2 rings (SSSR count). The molecular weight excluding hydrogens is 272 g/mol. The van der Waals surface area contributed by atoms with E-state index in [2.05, 4.69) is 20.8 Å². The maximum Gasteiger partial charge on any atom is 0.325 e. The van der Waals surface area contributed by atoms with Crippen LogP contribution in [0, 0.1) is 13.8 Å². The molecule has 0 bridgehead atoms. The highest BCUT2D eigenvalue weighted by Crippen LogP contribution is 2.23. The van der Waals surface area contributed by atoms with Crippen molar-refractivity contribution in [3.8, 4) is 5.75 Å². The van der Waals surface area contributed by atoms with Gasteiger partial charge in [0.15, 0.2) is 17.3 Å². The number of carbonyl (C=O) groups is 1. The minimum absolute atomic E-state index is 0.363. The molecule has 2 heterocycles. The molecule has 0 radical (unpaired) electrons. The number of carbonyl (C=O) groups excluding carboxylic acids is 1. The van der Waals surface area contributed by atoms with Crippen LogP contribution in [0.5, 0.6) is 5.75 Å². The van der Waals surface area contributed by atoms with Gasteiger partial charge in [-0.25, -0.2) is 9.78 Å². The molecule has 7 heteroatoms. The van der Waals surface area contributed by atoms with Crippen LogP contribution >= 0.6 is 0 Å². The first-order valence-electron chi connectivity index (χ1n) is 6.60. The Morgan fingerprint density at radius 1 is 1.33 bits per heavy atom. The molecule has 0 aliphatic carbocycles. The largest absolute Gasteiger partial charge is 0.493 e. The Morgan fingerprint density at radius 3 is 2.76 bits per heavy atom. The van der Waals surface area contributed by atoms with E-state index in [9.17, 15) is 4.79 Å². The highest BCUT2D eigenvalue weighted by molar-refractivity contribution is 6.00. The summed E-state index contributed by atoms with van der Waals surface area (Å²) in [6, 6.07) is 3.13. The number of amides is 2. The molecule has 0 unspecified atom stereocenters. The van der Waals surface area contributed by atoms with E-state index in [1.165, 1.54) is 7.11 Å². The van der Waals surface area contributed by atoms with Crippen molar-refractivity contribution in [2.75, 3.05) is 17.7 Å². The molecule has 21 heavy (non-hydrogen) atoms. The molecule has 2 aromatic heterocycles. The van der Waals surface area contributed by atoms with Crippen LogP contribution in [0.1, 0.15) is 24.1 Å². The van der Waals surface area contributed by atoms with Gasteiger partial charge in [-0.3, -0.25) is 5.32 Å². The van der Waals surface area contributed by atoms with Crippen LogP contribution in [0.2, 0.25) is 0 Å². The summed E-state index contributed by atoms with van der Waals surface area (Å²) < 4.78 is 10.2. The molecule has 0 aliphatic rings. The van der Waals surface area contributed by atoms with E-state index in [0.29, 0.717) is 35.1 Å². The number of rotatable bonds is 4. The normalized spacial score (nSPS) is 10.3. The summed E-state index contributed by atoms with van der Waals surface area (Å²) in [5.74, 6) is 1.42. The molecule has 7 nitrogen and oxygen atoms in total. The van der Waals surface area contributed by atoms with Crippen LogP contribution in [-0.4, -0.2) is 23.3 Å². The number of hydrogen-bond acceptors (Lipinski definition) is 5. The van der Waals surface area contributed by atoms with E-state index in [1.54, 1.807) is 19.1 Å². The number of aryl methyl sites for hydroxylation is 3. The fourth-order valence-corrected chi connectivity index (χ4v) is 1.87. The van der Waals surface area contributed by atoms with Gasteiger partial charge in [0.2, 0.25) is 0 Å². The van der Waals surface area contributed by atoms with Gasteiger partial charge >= 0.3 is 6.03 Å². The Hall–Kier alpha value is -2.57. The van der Waals surface area contributed by atoms with Crippen molar-refractivity contribution in [1.29, 1.82) is 0 Å². The second-order valence-electron chi connectivity index (χ2n) is 4.50. The third kappa shape index (κ3) is 3.31. The highest BCUT2D eigenvalue weighted by Gasteiger charge is 2.15. The standard InChI is InChI=1S/C14H18N4O3/c1-5-10-12(9(3)21-18-10)16-14(19)17-13-11(20-4)7-6-8(2)15-13/h6-7H,5H2,1-4H3,(H2,15,16,17,19). The number of nitrogens with zero attached hydrogens (tertiary/aromatic N) is 2. The zero-order chi connectivity index (χ0) is 15.4. The first-order valence-corrected chi connectivity index (χ1v) is 6.60. The van der Waals surface area contributed by atoms with Crippen molar-refractivity contribution in [3.05, 3.63) is 29.3 Å². The van der Waals surface area contributed by atoms with Crippen LogP contribution in [0.3, 0.4) is 0 Å². The highest BCUT2D eigenvalue weighted by atomic mass is 16.5. The lowest BCUT2D eigenvalue weighted by Gasteiger charge is -2.10. The van der Waals surface area contributed by atoms with Crippen LogP contribution in [0.15, 0.2) is 16.7 Å². The van der Waals surface area contributed by atoms with E-state index in [-0.39, 0.29) is 0 Å². The predicted molar refractivity (Wildman–Crippen MR) is 78.8 cm³/mol. The topological polar surface area (TPSA) is 89.3 Å². The fourth-order valence-electron chi connectivity index (χ4n) is 1.87. The smallest absolute Gasteiger partial charge is 0.325 e. The van der Waals surface area contributed by atoms with Gasteiger partial charge in [0.05, 0.1) is 7.11 Å². The minimum Gasteiger partial charge on any atom is -0.493 e. The molecule has 0 fully saturated rings. The fraction of sp³-hybridized carbons (Fsp3) is 0.357. The molecule has 2 amide bonds. The van der Waals surface area contributed by atoms with Crippen LogP contribution in [-0.2, 0) is 6.42 Å². The van der Waals surface area contributed by atoms with Gasteiger partial charge in [0.1, 0.15) is 11.4 Å². The summed E-state index contributed by atoms with van der Waals surface area (Å²) in [7, 11) is 1.52. The van der Waals surface area contributed by atoms with Gasteiger partial charge in [0.25, 0.3) is 0 Å². The van der Waals surface area contributed by atoms with E-state index >= 15 is 0 Å². The van der Waals surface area contributed by atoms with Crippen molar-refractivity contribution in [2.45, 2.75) is 27.2 Å².